The maximum atomic E-state index is 12.4. The average Bonchev–Trinajstić information content (AvgIpc) is 2.67. The highest BCUT2D eigenvalue weighted by Gasteiger charge is 2.13. The quantitative estimate of drug-likeness (QED) is 0.694. The Balaban J connectivity index is 1.54. The summed E-state index contributed by atoms with van der Waals surface area (Å²) >= 11 is 6.14. The number of rotatable bonds is 7. The van der Waals surface area contributed by atoms with Crippen LogP contribution in [0, 0.1) is 0 Å². The van der Waals surface area contributed by atoms with Crippen molar-refractivity contribution in [3.05, 3.63) is 64.2 Å². The van der Waals surface area contributed by atoms with Crippen molar-refractivity contribution in [2.75, 3.05) is 37.3 Å². The molecule has 3 rings (SSSR count). The number of sulfonamides is 1. The molecule has 29 heavy (non-hydrogen) atoms. The summed E-state index contributed by atoms with van der Waals surface area (Å²) in [5.41, 5.74) is 2.80. The van der Waals surface area contributed by atoms with Gasteiger partial charge in [0.25, 0.3) is 5.91 Å². The van der Waals surface area contributed by atoms with E-state index >= 15 is 0 Å². The van der Waals surface area contributed by atoms with Crippen molar-refractivity contribution in [3.63, 3.8) is 0 Å². The van der Waals surface area contributed by atoms with E-state index < -0.39 is 10.0 Å². The molecule has 0 unspecified atom stereocenters. The van der Waals surface area contributed by atoms with Gasteiger partial charge in [-0.3, -0.25) is 14.4 Å². The number of hydrogen-bond acceptors (Lipinski definition) is 5. The third-order valence-corrected chi connectivity index (χ3v) is 5.42. The lowest BCUT2D eigenvalue weighted by molar-refractivity contribution is 0.0342. The van der Waals surface area contributed by atoms with Gasteiger partial charge in [-0.2, -0.15) is 0 Å². The molecule has 1 fully saturated rings. The lowest BCUT2D eigenvalue weighted by atomic mass is 10.1. The van der Waals surface area contributed by atoms with Crippen LogP contribution < -0.4 is 10.0 Å². The molecular weight excluding hydrogens is 414 g/mol. The van der Waals surface area contributed by atoms with E-state index in [-0.39, 0.29) is 16.5 Å². The molecule has 2 aromatic rings. The molecule has 2 aromatic carbocycles. The van der Waals surface area contributed by atoms with Gasteiger partial charge in [0.05, 0.1) is 30.1 Å². The maximum Gasteiger partial charge on any atom is 0.253 e. The number of ether oxygens (including phenoxy) is 1. The molecule has 1 amide bonds. The fourth-order valence-corrected chi connectivity index (χ4v) is 3.86. The van der Waals surface area contributed by atoms with E-state index in [9.17, 15) is 13.2 Å². The van der Waals surface area contributed by atoms with Gasteiger partial charge in [-0.1, -0.05) is 35.9 Å². The van der Waals surface area contributed by atoms with Crippen LogP contribution in [0.3, 0.4) is 0 Å². The Bertz CT molecular complexity index is 958. The first-order chi connectivity index (χ1) is 13.8. The molecule has 0 radical (unpaired) electrons. The third-order valence-electron chi connectivity index (χ3n) is 4.50. The first-order valence-corrected chi connectivity index (χ1v) is 11.5. The second kappa shape index (κ2) is 9.58. The summed E-state index contributed by atoms with van der Waals surface area (Å²) in [6.07, 6.45) is 1.05. The summed E-state index contributed by atoms with van der Waals surface area (Å²) in [4.78, 5) is 14.8. The van der Waals surface area contributed by atoms with E-state index in [4.69, 9.17) is 16.3 Å². The van der Waals surface area contributed by atoms with Gasteiger partial charge in [-0.25, -0.2) is 8.42 Å². The fraction of sp³-hybridized carbons (Fsp3) is 0.350. The Morgan fingerprint density at radius 3 is 2.38 bits per heavy atom. The number of anilines is 1. The molecule has 2 N–H and O–H groups in total. The van der Waals surface area contributed by atoms with E-state index in [0.717, 1.165) is 44.7 Å². The molecule has 0 bridgehead atoms. The minimum absolute atomic E-state index is 0.178. The second-order valence-corrected chi connectivity index (χ2v) is 9.11. The van der Waals surface area contributed by atoms with Crippen LogP contribution in [0.1, 0.15) is 21.5 Å². The summed E-state index contributed by atoms with van der Waals surface area (Å²) < 4.78 is 30.3. The topological polar surface area (TPSA) is 87.7 Å². The van der Waals surface area contributed by atoms with Crippen molar-refractivity contribution < 1.29 is 17.9 Å². The predicted octanol–water partition coefficient (Wildman–Crippen LogP) is 2.47. The van der Waals surface area contributed by atoms with Gasteiger partial charge >= 0.3 is 0 Å². The number of nitrogens with zero attached hydrogens (tertiary/aromatic N) is 1. The molecule has 1 heterocycles. The van der Waals surface area contributed by atoms with Crippen molar-refractivity contribution in [2.45, 2.75) is 13.1 Å². The molecule has 1 aliphatic rings. The lowest BCUT2D eigenvalue weighted by Crippen LogP contribution is -2.35. The van der Waals surface area contributed by atoms with Crippen LogP contribution in [0.2, 0.25) is 5.02 Å². The number of carbonyl (C=O) groups is 1. The SMILES string of the molecule is CS(=O)(=O)Nc1ccc(C(=O)NCc2ccc(CN3CCOCC3)cc2)c(Cl)c1. The first kappa shape index (κ1) is 21.6. The number of hydrogen-bond donors (Lipinski definition) is 2. The highest BCUT2D eigenvalue weighted by molar-refractivity contribution is 7.92. The highest BCUT2D eigenvalue weighted by Crippen LogP contribution is 2.21. The van der Waals surface area contributed by atoms with Crippen LogP contribution >= 0.6 is 11.6 Å². The predicted molar refractivity (Wildman–Crippen MR) is 114 cm³/mol. The fourth-order valence-electron chi connectivity index (χ4n) is 3.03. The molecule has 9 heteroatoms. The molecule has 1 saturated heterocycles. The molecule has 0 aliphatic carbocycles. The third kappa shape index (κ3) is 6.71. The molecule has 0 saturated carbocycles. The summed E-state index contributed by atoms with van der Waals surface area (Å²) in [6.45, 7) is 4.69. The van der Waals surface area contributed by atoms with Crippen molar-refractivity contribution >= 4 is 33.2 Å². The maximum absolute atomic E-state index is 12.4. The zero-order chi connectivity index (χ0) is 20.9. The Morgan fingerprint density at radius 1 is 1.10 bits per heavy atom. The molecular formula is C20H24ClN3O4S. The van der Waals surface area contributed by atoms with Gasteiger partial charge in [-0.15, -0.1) is 0 Å². The number of nitrogens with one attached hydrogen (secondary N) is 2. The van der Waals surface area contributed by atoms with Gasteiger partial charge in [-0.05, 0) is 29.3 Å². The van der Waals surface area contributed by atoms with Crippen LogP contribution in [0.5, 0.6) is 0 Å². The van der Waals surface area contributed by atoms with Gasteiger partial charge in [0, 0.05) is 31.9 Å². The normalized spacial score (nSPS) is 15.1. The van der Waals surface area contributed by atoms with Crippen LogP contribution in [0.25, 0.3) is 0 Å². The zero-order valence-electron chi connectivity index (χ0n) is 16.2. The van der Waals surface area contributed by atoms with Gasteiger partial charge in [0.2, 0.25) is 10.0 Å². The zero-order valence-corrected chi connectivity index (χ0v) is 17.7. The highest BCUT2D eigenvalue weighted by atomic mass is 35.5. The average molecular weight is 438 g/mol. The number of morpholine rings is 1. The summed E-state index contributed by atoms with van der Waals surface area (Å²) in [5.74, 6) is -0.321. The van der Waals surface area contributed by atoms with Gasteiger partial charge in [0.1, 0.15) is 0 Å². The Labute approximate surface area is 176 Å². The van der Waals surface area contributed by atoms with Crippen LogP contribution in [0.15, 0.2) is 42.5 Å². The van der Waals surface area contributed by atoms with E-state index in [0.29, 0.717) is 12.2 Å². The smallest absolute Gasteiger partial charge is 0.253 e. The van der Waals surface area contributed by atoms with Crippen LogP contribution in [-0.2, 0) is 27.8 Å². The standard InChI is InChI=1S/C20H24ClN3O4S/c1-29(26,27)23-17-6-7-18(19(21)12-17)20(25)22-13-15-2-4-16(5-3-15)14-24-8-10-28-11-9-24/h2-7,12,23H,8-11,13-14H2,1H3,(H,22,25). The number of benzene rings is 2. The van der Waals surface area contributed by atoms with E-state index in [1.165, 1.54) is 23.8 Å². The van der Waals surface area contributed by atoms with Crippen molar-refractivity contribution in [1.82, 2.24) is 10.2 Å². The number of carbonyl (C=O) groups excluding carboxylic acids is 1. The molecule has 156 valence electrons. The van der Waals surface area contributed by atoms with E-state index in [1.807, 2.05) is 12.1 Å². The Hall–Kier alpha value is -2.13. The summed E-state index contributed by atoms with van der Waals surface area (Å²) in [5, 5.41) is 3.01. The Kier molecular flexibility index (Phi) is 7.13. The minimum atomic E-state index is -3.40. The van der Waals surface area contributed by atoms with Crippen molar-refractivity contribution in [2.24, 2.45) is 0 Å². The molecule has 0 spiro atoms. The van der Waals surface area contributed by atoms with E-state index in [2.05, 4.69) is 27.1 Å². The molecule has 0 aromatic heterocycles. The van der Waals surface area contributed by atoms with Crippen molar-refractivity contribution in [3.8, 4) is 0 Å². The molecule has 7 nitrogen and oxygen atoms in total. The monoisotopic (exact) mass is 437 g/mol. The van der Waals surface area contributed by atoms with E-state index in [1.54, 1.807) is 0 Å². The number of halogens is 1. The van der Waals surface area contributed by atoms with Gasteiger partial charge in [0.15, 0.2) is 0 Å². The first-order valence-electron chi connectivity index (χ1n) is 9.23. The second-order valence-electron chi connectivity index (χ2n) is 6.96. The van der Waals surface area contributed by atoms with Gasteiger partial charge < -0.3 is 10.1 Å². The van der Waals surface area contributed by atoms with Crippen molar-refractivity contribution in [1.29, 1.82) is 0 Å². The largest absolute Gasteiger partial charge is 0.379 e. The number of amides is 1. The summed E-state index contributed by atoms with van der Waals surface area (Å²) in [7, 11) is -3.40. The minimum Gasteiger partial charge on any atom is -0.379 e. The Morgan fingerprint density at radius 2 is 1.76 bits per heavy atom. The summed E-state index contributed by atoms with van der Waals surface area (Å²) in [6, 6.07) is 12.5. The van der Waals surface area contributed by atoms with Crippen LogP contribution in [0.4, 0.5) is 5.69 Å². The molecule has 1 aliphatic heterocycles. The van der Waals surface area contributed by atoms with Crippen LogP contribution in [-0.4, -0.2) is 51.8 Å². The molecule has 0 atom stereocenters. The lowest BCUT2D eigenvalue weighted by Gasteiger charge is -2.26.